The van der Waals surface area contributed by atoms with Crippen molar-refractivity contribution in [3.63, 3.8) is 0 Å². The molecular weight excluding hydrogens is 1570 g/mol. The highest BCUT2D eigenvalue weighted by molar-refractivity contribution is 7.61. The first-order valence-corrected chi connectivity index (χ1v) is 44.3. The van der Waals surface area contributed by atoms with Gasteiger partial charge in [0.15, 0.2) is 0 Å². The number of nitrogens with one attached hydrogen (secondary N) is 4. The standard InChI is InChI=1S/C82H60N8O18P6/c91-109(92,93)51-17-5-45(6-18-51)75-59-29-33-63(83-59)77(47-9-21-53(22-10-47)111(97,98)99)67-37-41-71(87-67)81(72-42-38-68(88-72)78(64-34-30-60(75)84-64)48-11-23-54(24-12-48)112(100,101)102)57-3-1-2-4-58(57)82-73-43-39-69(89-73)79(49-13-25-55(26-14-49)113(103,104)105)65-35-31-61(85-65)76(46-7-19-52(20-8-46)110(94,95)96)62-32-36-66(86-62)80(70-40-44-74(82)90-70)50-15-27-56(28-16-50)114(106,107)108/h1-44,83,85,88,90H,(H2,91,92,93)(H2,94,95,96)(H2,97,98,99)(H2,100,101,102)(H2,103,104,105)(H2,106,107,108). The lowest BCUT2D eigenvalue weighted by molar-refractivity contribution is 0.385. The van der Waals surface area contributed by atoms with Crippen LogP contribution in [-0.4, -0.2) is 98.6 Å². The summed E-state index contributed by atoms with van der Waals surface area (Å²) in [4.78, 5) is 160. The van der Waals surface area contributed by atoms with Gasteiger partial charge in [0, 0.05) is 88.6 Å². The van der Waals surface area contributed by atoms with Gasteiger partial charge in [-0.15, -0.1) is 0 Å². The maximum Gasteiger partial charge on any atom is 0.356 e. The molecule has 0 saturated heterocycles. The van der Waals surface area contributed by atoms with Crippen molar-refractivity contribution < 1.29 is 86.1 Å². The van der Waals surface area contributed by atoms with Gasteiger partial charge in [-0.3, -0.25) is 27.4 Å². The van der Waals surface area contributed by atoms with Gasteiger partial charge in [-0.05, 0) is 214 Å². The fourth-order valence-electron chi connectivity index (χ4n) is 14.7. The van der Waals surface area contributed by atoms with E-state index in [1.165, 1.54) is 72.8 Å². The zero-order valence-corrected chi connectivity index (χ0v) is 64.1. The van der Waals surface area contributed by atoms with Crippen molar-refractivity contribution >= 4 is 170 Å². The third-order valence-corrected chi connectivity index (χ3v) is 25.8. The summed E-state index contributed by atoms with van der Waals surface area (Å²) in [6, 6.07) is 56.9. The Balaban J connectivity index is 0.997. The Hall–Kier alpha value is -11.4. The average Bonchev–Trinajstić information content (AvgIpc) is 1.59. The molecule has 6 aromatic heterocycles. The van der Waals surface area contributed by atoms with Crippen LogP contribution in [0.2, 0.25) is 0 Å². The van der Waals surface area contributed by atoms with Gasteiger partial charge in [0.1, 0.15) is 0 Å². The number of H-pyrrole nitrogens is 4. The Morgan fingerprint density at radius 3 is 0.474 bits per heavy atom. The van der Waals surface area contributed by atoms with E-state index in [1.807, 2.05) is 60.7 Å². The highest BCUT2D eigenvalue weighted by Crippen LogP contribution is 2.48. The summed E-state index contributed by atoms with van der Waals surface area (Å²) in [5, 5.41) is -1.43. The maximum absolute atomic E-state index is 12.8. The van der Waals surface area contributed by atoms with Crippen LogP contribution in [0.3, 0.4) is 0 Å². The quantitative estimate of drug-likeness (QED) is 0.0450. The number of hydrogen-bond donors (Lipinski definition) is 16. The highest BCUT2D eigenvalue weighted by Gasteiger charge is 2.29. The Morgan fingerprint density at radius 2 is 0.325 bits per heavy atom. The number of nitrogens with zero attached hydrogens (tertiary/aromatic N) is 4. The fraction of sp³-hybridized carbons (Fsp3) is 0. The number of fused-ring (bicyclic) bond motifs is 16. The van der Waals surface area contributed by atoms with E-state index in [4.69, 9.17) is 19.9 Å². The van der Waals surface area contributed by atoms with Gasteiger partial charge in [-0.2, -0.15) is 0 Å². The minimum Gasteiger partial charge on any atom is -0.354 e. The smallest absolute Gasteiger partial charge is 0.354 e. The van der Waals surface area contributed by atoms with E-state index < -0.39 is 45.6 Å². The third-order valence-electron chi connectivity index (χ3n) is 19.9. The normalized spacial score (nSPS) is 13.2. The average molecular weight is 1630 g/mol. The number of benzene rings is 7. The van der Waals surface area contributed by atoms with E-state index >= 15 is 0 Å². The van der Waals surface area contributed by atoms with E-state index in [-0.39, 0.29) is 31.8 Å². The Kier molecular flexibility index (Phi) is 18.7. The number of hydrogen-bond acceptors (Lipinski definition) is 10. The van der Waals surface area contributed by atoms with E-state index in [0.29, 0.717) is 179 Å². The second kappa shape index (κ2) is 28.3. The molecule has 16 N–H and O–H groups in total. The summed E-state index contributed by atoms with van der Waals surface area (Å²) < 4.78 is 76.2. The second-order valence-corrected chi connectivity index (χ2v) is 36.7. The molecule has 0 unspecified atom stereocenters. The second-order valence-electron chi connectivity index (χ2n) is 27.1. The molecule has 16 bridgehead atoms. The van der Waals surface area contributed by atoms with E-state index in [9.17, 15) is 86.1 Å². The van der Waals surface area contributed by atoms with Crippen molar-refractivity contribution in [3.8, 4) is 89.0 Å². The molecule has 0 atom stereocenters. The topological polar surface area (TPSA) is 460 Å². The van der Waals surface area contributed by atoms with Gasteiger partial charge in [-0.25, -0.2) is 19.9 Å². The predicted molar refractivity (Wildman–Crippen MR) is 445 cm³/mol. The molecule has 26 nitrogen and oxygen atoms in total. The molecular formula is C82H60N8O18P6. The van der Waals surface area contributed by atoms with Crippen molar-refractivity contribution in [1.82, 2.24) is 39.9 Å². The van der Waals surface area contributed by atoms with Gasteiger partial charge in [-0.1, -0.05) is 97.1 Å². The third kappa shape index (κ3) is 14.4. The SMILES string of the molecule is O=P(O)(O)c1ccc(-c2c3nc(c(-c4ccc(P(=O)(O)O)cc4)c4ccc([nH]4)c(-c4ccccc4-c4c5nc(c(-c6ccc(P(=O)(O)O)cc6)c6ccc([nH]6)c(-c6ccc(P(=O)(O)O)cc6)c6nc(c(-c7ccc(P(=O)(O)O)cc7)c7ccc4[nH]7)C=C6)C=C5)c4nc(c(-c5ccc(P(=O)(O)O)cc5)c5ccc2[nH]5)C=C4)C=C3)cc1. The summed E-state index contributed by atoms with van der Waals surface area (Å²) >= 11 is 0. The Morgan fingerprint density at radius 1 is 0.184 bits per heavy atom. The zero-order valence-electron chi connectivity index (χ0n) is 58.7. The molecule has 0 aliphatic carbocycles. The van der Waals surface area contributed by atoms with Gasteiger partial charge < -0.3 is 78.7 Å². The maximum atomic E-state index is 12.8. The zero-order chi connectivity index (χ0) is 79.7. The summed E-state index contributed by atoms with van der Waals surface area (Å²) in [7, 11) is -28.5. The van der Waals surface area contributed by atoms with Crippen molar-refractivity contribution in [3.05, 3.63) is 264 Å². The first-order valence-electron chi connectivity index (χ1n) is 34.7. The molecule has 13 aromatic rings. The molecule has 0 spiro atoms. The summed E-state index contributed by atoms with van der Waals surface area (Å²) in [6.07, 6.45) is 14.3. The largest absolute Gasteiger partial charge is 0.356 e. The molecule has 17 rings (SSSR count). The minimum atomic E-state index is -4.76. The monoisotopic (exact) mass is 1630 g/mol. The Labute approximate surface area is 645 Å². The van der Waals surface area contributed by atoms with Crippen molar-refractivity contribution in [2.45, 2.75) is 0 Å². The van der Waals surface area contributed by atoms with Crippen molar-refractivity contribution in [1.29, 1.82) is 0 Å². The van der Waals surface area contributed by atoms with Crippen LogP contribution in [0.5, 0.6) is 0 Å². The van der Waals surface area contributed by atoms with Crippen LogP contribution in [0.1, 0.15) is 45.6 Å². The number of aromatic amines is 4. The predicted octanol–water partition coefficient (Wildman–Crippen LogP) is 13.8. The summed E-state index contributed by atoms with van der Waals surface area (Å²) in [5.41, 5.74) is 14.5. The van der Waals surface area contributed by atoms with Gasteiger partial charge in [0.05, 0.1) is 77.4 Å². The first kappa shape index (κ1) is 75.3. The number of aromatic nitrogens is 8. The summed E-state index contributed by atoms with van der Waals surface area (Å²) in [6.45, 7) is 0. The van der Waals surface area contributed by atoms with E-state index in [1.54, 1.807) is 134 Å². The lowest BCUT2D eigenvalue weighted by Gasteiger charge is -2.13. The highest BCUT2D eigenvalue weighted by atomic mass is 31.2. The molecule has 7 aromatic carbocycles. The lowest BCUT2D eigenvalue weighted by atomic mass is 9.92. The molecule has 114 heavy (non-hydrogen) atoms. The molecule has 4 aliphatic heterocycles. The van der Waals surface area contributed by atoms with E-state index in [0.717, 1.165) is 0 Å². The van der Waals surface area contributed by atoms with Crippen LogP contribution in [0, 0.1) is 0 Å². The van der Waals surface area contributed by atoms with Gasteiger partial charge in [0.2, 0.25) is 0 Å². The molecule has 10 heterocycles. The molecule has 32 heteroatoms. The van der Waals surface area contributed by atoms with Gasteiger partial charge >= 0.3 is 45.6 Å². The minimum absolute atomic E-state index is 0.230. The molecule has 4 aliphatic rings. The van der Waals surface area contributed by atoms with Crippen LogP contribution < -0.4 is 31.8 Å². The van der Waals surface area contributed by atoms with Crippen molar-refractivity contribution in [2.24, 2.45) is 0 Å². The Bertz CT molecular complexity index is 6510. The molecule has 566 valence electrons. The first-order chi connectivity index (χ1) is 54.2. The van der Waals surface area contributed by atoms with Crippen LogP contribution in [-0.2, 0) is 27.4 Å². The lowest BCUT2D eigenvalue weighted by Crippen LogP contribution is -2.03. The van der Waals surface area contributed by atoms with Crippen LogP contribution in [0.4, 0.5) is 0 Å². The molecule has 0 saturated carbocycles. The fourth-order valence-corrected chi connectivity index (χ4v) is 17.9. The van der Waals surface area contributed by atoms with Crippen LogP contribution in [0.25, 0.3) is 182 Å². The molecule has 0 amide bonds. The number of rotatable bonds is 14. The van der Waals surface area contributed by atoms with Crippen LogP contribution >= 0.6 is 45.6 Å². The van der Waals surface area contributed by atoms with Gasteiger partial charge in [0.25, 0.3) is 0 Å². The molecule has 0 radical (unpaired) electrons. The summed E-state index contributed by atoms with van der Waals surface area (Å²) in [5.74, 6) is 0. The molecule has 0 fully saturated rings. The van der Waals surface area contributed by atoms with E-state index in [2.05, 4.69) is 19.9 Å². The van der Waals surface area contributed by atoms with Crippen molar-refractivity contribution in [2.75, 3.05) is 0 Å². The van der Waals surface area contributed by atoms with Crippen LogP contribution in [0.15, 0.2) is 218 Å².